The van der Waals surface area contributed by atoms with Gasteiger partial charge in [-0.05, 0) is 30.7 Å². The molecule has 1 unspecified atom stereocenters. The number of aliphatic hydroxyl groups is 1. The quantitative estimate of drug-likeness (QED) is 0.691. The molecule has 0 radical (unpaired) electrons. The van der Waals surface area contributed by atoms with Crippen LogP contribution in [0, 0.1) is 5.41 Å². The molecule has 29 heavy (non-hydrogen) atoms. The van der Waals surface area contributed by atoms with Crippen molar-refractivity contribution in [3.63, 3.8) is 0 Å². The normalized spacial score (nSPS) is 21.6. The highest BCUT2D eigenvalue weighted by molar-refractivity contribution is 6.04. The largest absolute Gasteiger partial charge is 0.391 e. The van der Waals surface area contributed by atoms with Gasteiger partial charge in [-0.3, -0.25) is 14.9 Å². The van der Waals surface area contributed by atoms with Gasteiger partial charge in [0, 0.05) is 44.0 Å². The number of aliphatic hydroxyl groups excluding tert-OH is 1. The second kappa shape index (κ2) is 7.11. The molecule has 2 saturated heterocycles. The van der Waals surface area contributed by atoms with Crippen LogP contribution in [0.25, 0.3) is 10.9 Å². The Morgan fingerprint density at radius 1 is 1.21 bits per heavy atom. The number of likely N-dealkylation sites (tertiary alicyclic amines) is 1. The molecule has 2 aromatic heterocycles. The first-order valence-electron chi connectivity index (χ1n) is 10.0. The average Bonchev–Trinajstić information content (AvgIpc) is 3.18. The summed E-state index contributed by atoms with van der Waals surface area (Å²) in [5, 5.41) is 18.6. The second-order valence-corrected chi connectivity index (χ2v) is 8.21. The van der Waals surface area contributed by atoms with Crippen LogP contribution in [0.1, 0.15) is 29.8 Å². The number of rotatable bonds is 2. The first kappa shape index (κ1) is 18.1. The zero-order chi connectivity index (χ0) is 19.8. The molecule has 1 amide bonds. The van der Waals surface area contributed by atoms with Crippen molar-refractivity contribution in [1.82, 2.24) is 25.1 Å². The highest BCUT2D eigenvalue weighted by atomic mass is 16.3. The number of piperidine rings is 2. The van der Waals surface area contributed by atoms with Crippen LogP contribution < -0.4 is 4.90 Å². The number of β-amino-alcohol motifs (C(OH)–C–C–N with tert-alkyl or cyclic N) is 1. The van der Waals surface area contributed by atoms with Gasteiger partial charge in [0.15, 0.2) is 5.69 Å². The SMILES string of the molecule is O=C(c1n[nH]c2ccccc12)N1CCC2(CC1)CC(O)CN(c1cnccn1)C2. The number of fused-ring (bicyclic) bond motifs is 1. The minimum Gasteiger partial charge on any atom is -0.391 e. The molecule has 8 nitrogen and oxygen atoms in total. The van der Waals surface area contributed by atoms with Crippen LogP contribution in [0.15, 0.2) is 42.9 Å². The molecule has 0 saturated carbocycles. The minimum atomic E-state index is -0.400. The fraction of sp³-hybridized carbons (Fsp3) is 0.429. The number of carbonyl (C=O) groups excluding carboxylic acids is 1. The van der Waals surface area contributed by atoms with Gasteiger partial charge in [0.05, 0.1) is 17.8 Å². The van der Waals surface area contributed by atoms with Crippen molar-refractivity contribution >= 4 is 22.6 Å². The molecule has 0 aliphatic carbocycles. The van der Waals surface area contributed by atoms with E-state index >= 15 is 0 Å². The number of anilines is 1. The lowest BCUT2D eigenvalue weighted by molar-refractivity contribution is 0.0245. The number of H-pyrrole nitrogens is 1. The van der Waals surface area contributed by atoms with E-state index in [1.165, 1.54) is 0 Å². The monoisotopic (exact) mass is 392 g/mol. The smallest absolute Gasteiger partial charge is 0.274 e. The second-order valence-electron chi connectivity index (χ2n) is 8.21. The van der Waals surface area contributed by atoms with Crippen molar-refractivity contribution < 1.29 is 9.90 Å². The van der Waals surface area contributed by atoms with Crippen LogP contribution in [0.5, 0.6) is 0 Å². The molecule has 8 heteroatoms. The number of benzene rings is 1. The summed E-state index contributed by atoms with van der Waals surface area (Å²) >= 11 is 0. The van der Waals surface area contributed by atoms with Gasteiger partial charge in [0.25, 0.3) is 5.91 Å². The number of nitrogens with one attached hydrogen (secondary N) is 1. The van der Waals surface area contributed by atoms with Crippen LogP contribution in [0.2, 0.25) is 0 Å². The first-order chi connectivity index (χ1) is 14.1. The van der Waals surface area contributed by atoms with Gasteiger partial charge in [-0.1, -0.05) is 18.2 Å². The molecular weight excluding hydrogens is 368 g/mol. The summed E-state index contributed by atoms with van der Waals surface area (Å²) in [6.07, 6.45) is 7.15. The fourth-order valence-electron chi connectivity index (χ4n) is 4.80. The van der Waals surface area contributed by atoms with Crippen LogP contribution in [0.3, 0.4) is 0 Å². The average molecular weight is 392 g/mol. The Bertz CT molecular complexity index is 1010. The van der Waals surface area contributed by atoms with Crippen LogP contribution in [-0.4, -0.2) is 68.4 Å². The summed E-state index contributed by atoms with van der Waals surface area (Å²) < 4.78 is 0. The Morgan fingerprint density at radius 3 is 2.83 bits per heavy atom. The number of carbonyl (C=O) groups is 1. The van der Waals surface area contributed by atoms with Crippen LogP contribution in [-0.2, 0) is 0 Å². The molecule has 2 N–H and O–H groups in total. The Morgan fingerprint density at radius 2 is 2.03 bits per heavy atom. The molecule has 5 rings (SSSR count). The molecule has 2 aliphatic heterocycles. The zero-order valence-corrected chi connectivity index (χ0v) is 16.2. The van der Waals surface area contributed by atoms with E-state index in [2.05, 4.69) is 25.1 Å². The Hall–Kier alpha value is -3.00. The van der Waals surface area contributed by atoms with E-state index in [1.807, 2.05) is 29.2 Å². The van der Waals surface area contributed by atoms with Crippen molar-refractivity contribution in [3.05, 3.63) is 48.5 Å². The third kappa shape index (κ3) is 3.33. The lowest BCUT2D eigenvalue weighted by Crippen LogP contribution is -2.54. The lowest BCUT2D eigenvalue weighted by Gasteiger charge is -2.49. The molecule has 2 fully saturated rings. The summed E-state index contributed by atoms with van der Waals surface area (Å²) in [4.78, 5) is 25.6. The molecule has 1 aromatic carbocycles. The zero-order valence-electron chi connectivity index (χ0n) is 16.2. The molecule has 1 atom stereocenters. The summed E-state index contributed by atoms with van der Waals surface area (Å²) in [7, 11) is 0. The minimum absolute atomic E-state index is 0.0143. The number of hydrogen-bond acceptors (Lipinski definition) is 6. The van der Waals surface area contributed by atoms with Gasteiger partial charge < -0.3 is 14.9 Å². The third-order valence-corrected chi connectivity index (χ3v) is 6.28. The number of para-hydroxylation sites is 1. The topological polar surface area (TPSA) is 98.2 Å². The van der Waals surface area contributed by atoms with Gasteiger partial charge in [-0.2, -0.15) is 5.10 Å². The molecular formula is C21H24N6O2. The summed E-state index contributed by atoms with van der Waals surface area (Å²) in [5.74, 6) is 0.770. The van der Waals surface area contributed by atoms with Crippen molar-refractivity contribution in [2.24, 2.45) is 5.41 Å². The van der Waals surface area contributed by atoms with Gasteiger partial charge in [0.1, 0.15) is 5.82 Å². The van der Waals surface area contributed by atoms with Gasteiger partial charge in [-0.15, -0.1) is 0 Å². The number of nitrogens with zero attached hydrogens (tertiary/aromatic N) is 5. The highest BCUT2D eigenvalue weighted by Crippen LogP contribution is 2.41. The van der Waals surface area contributed by atoms with E-state index in [0.717, 1.165) is 42.5 Å². The standard InChI is InChI=1S/C21H24N6O2/c28-15-11-21(14-27(13-15)18-12-22-7-8-23-18)5-9-26(10-6-21)20(29)19-16-3-1-2-4-17(16)24-25-19/h1-4,7-8,12,15,28H,5-6,9-11,13-14H2,(H,24,25). The number of aromatic amines is 1. The maximum Gasteiger partial charge on any atom is 0.274 e. The van der Waals surface area contributed by atoms with Crippen molar-refractivity contribution in [2.45, 2.75) is 25.4 Å². The van der Waals surface area contributed by atoms with Crippen molar-refractivity contribution in [2.75, 3.05) is 31.1 Å². The van der Waals surface area contributed by atoms with E-state index in [0.29, 0.717) is 25.3 Å². The van der Waals surface area contributed by atoms with Gasteiger partial charge in [0.2, 0.25) is 0 Å². The van der Waals surface area contributed by atoms with E-state index in [-0.39, 0.29) is 11.3 Å². The maximum absolute atomic E-state index is 13.1. The third-order valence-electron chi connectivity index (χ3n) is 6.28. The van der Waals surface area contributed by atoms with E-state index in [9.17, 15) is 9.90 Å². The molecule has 4 heterocycles. The Kier molecular flexibility index (Phi) is 4.43. The van der Waals surface area contributed by atoms with Crippen molar-refractivity contribution in [3.8, 4) is 0 Å². The first-order valence-corrected chi connectivity index (χ1v) is 10.0. The Labute approximate surface area is 168 Å². The van der Waals surface area contributed by atoms with E-state index < -0.39 is 6.10 Å². The van der Waals surface area contributed by atoms with E-state index in [1.54, 1.807) is 18.6 Å². The maximum atomic E-state index is 13.1. The van der Waals surface area contributed by atoms with Crippen molar-refractivity contribution in [1.29, 1.82) is 0 Å². The number of amides is 1. The van der Waals surface area contributed by atoms with Gasteiger partial charge in [-0.25, -0.2) is 4.98 Å². The molecule has 0 bridgehead atoms. The predicted molar refractivity (Wildman–Crippen MR) is 109 cm³/mol. The molecule has 150 valence electrons. The lowest BCUT2D eigenvalue weighted by atomic mass is 9.71. The summed E-state index contributed by atoms with van der Waals surface area (Å²) in [6.45, 7) is 2.74. The fourth-order valence-corrected chi connectivity index (χ4v) is 4.80. The summed E-state index contributed by atoms with van der Waals surface area (Å²) in [6, 6.07) is 7.70. The van der Waals surface area contributed by atoms with Crippen LogP contribution in [0.4, 0.5) is 5.82 Å². The molecule has 1 spiro atoms. The van der Waals surface area contributed by atoms with Crippen LogP contribution >= 0.6 is 0 Å². The number of hydrogen-bond donors (Lipinski definition) is 2. The number of aromatic nitrogens is 4. The molecule has 2 aliphatic rings. The predicted octanol–water partition coefficient (Wildman–Crippen LogP) is 1.85. The Balaban J connectivity index is 1.31. The summed E-state index contributed by atoms with van der Waals surface area (Å²) in [5.41, 5.74) is 1.35. The van der Waals surface area contributed by atoms with E-state index in [4.69, 9.17) is 0 Å². The molecule has 3 aromatic rings. The van der Waals surface area contributed by atoms with Gasteiger partial charge >= 0.3 is 0 Å². The highest BCUT2D eigenvalue weighted by Gasteiger charge is 2.43.